The van der Waals surface area contributed by atoms with Gasteiger partial charge < -0.3 is 20.1 Å². The Morgan fingerprint density at radius 2 is 1.94 bits per heavy atom. The maximum Gasteiger partial charge on any atom is 0.335 e. The van der Waals surface area contributed by atoms with Crippen LogP contribution in [0.15, 0.2) is 12.1 Å². The molecule has 1 unspecified atom stereocenters. The molecule has 98 valence electrons. The Labute approximate surface area is 103 Å². The predicted octanol–water partition coefficient (Wildman–Crippen LogP) is 1.36. The highest BCUT2D eigenvalue weighted by Gasteiger charge is 2.19. The van der Waals surface area contributed by atoms with E-state index in [0.29, 0.717) is 0 Å². The summed E-state index contributed by atoms with van der Waals surface area (Å²) in [6.45, 7) is 1.47. The lowest BCUT2D eigenvalue weighted by molar-refractivity contribution is -0.141. The van der Waals surface area contributed by atoms with Crippen molar-refractivity contribution in [2.45, 2.75) is 13.3 Å². The van der Waals surface area contributed by atoms with E-state index in [0.717, 1.165) is 0 Å². The number of ether oxygens (including phenoxy) is 1. The zero-order chi connectivity index (χ0) is 13.9. The van der Waals surface area contributed by atoms with Crippen LogP contribution in [0.3, 0.4) is 0 Å². The number of carboxylic acid groups (broad SMARTS) is 2. The number of rotatable bonds is 5. The molecular weight excluding hydrogens is 240 g/mol. The van der Waals surface area contributed by atoms with Crippen molar-refractivity contribution < 1.29 is 29.6 Å². The van der Waals surface area contributed by atoms with Gasteiger partial charge in [-0.15, -0.1) is 0 Å². The van der Waals surface area contributed by atoms with Crippen LogP contribution in [0, 0.1) is 5.92 Å². The van der Waals surface area contributed by atoms with Crippen molar-refractivity contribution in [1.82, 2.24) is 0 Å². The fraction of sp³-hybridized carbons (Fsp3) is 0.333. The Morgan fingerprint density at radius 3 is 2.39 bits per heavy atom. The van der Waals surface area contributed by atoms with Gasteiger partial charge in [0.2, 0.25) is 0 Å². The third kappa shape index (κ3) is 2.91. The third-order valence-electron chi connectivity index (χ3n) is 2.57. The number of hydrogen-bond donors (Lipinski definition) is 3. The van der Waals surface area contributed by atoms with Crippen molar-refractivity contribution in [3.63, 3.8) is 0 Å². The largest absolute Gasteiger partial charge is 0.504 e. The molecule has 0 aliphatic heterocycles. The Bertz CT molecular complexity index is 480. The average molecular weight is 254 g/mol. The number of phenolic OH excluding ortho intramolecular Hbond substituents is 1. The molecule has 0 fully saturated rings. The summed E-state index contributed by atoms with van der Waals surface area (Å²) in [6, 6.07) is 2.44. The van der Waals surface area contributed by atoms with Crippen molar-refractivity contribution in [1.29, 1.82) is 0 Å². The minimum atomic E-state index is -1.17. The molecule has 0 saturated heterocycles. The number of phenols is 1. The predicted molar refractivity (Wildman–Crippen MR) is 62.1 cm³/mol. The lowest BCUT2D eigenvalue weighted by atomic mass is 9.98. The number of carboxylic acids is 2. The number of carbonyl (C=O) groups is 2. The number of methoxy groups -OCH3 is 1. The highest BCUT2D eigenvalue weighted by atomic mass is 16.5. The van der Waals surface area contributed by atoms with Gasteiger partial charge in [0.25, 0.3) is 0 Å². The lowest BCUT2D eigenvalue weighted by Gasteiger charge is -2.12. The standard InChI is InChI=1S/C12H14O6/c1-6(11(14)15)3-7-4-8(12(16)17)5-9(18-2)10(7)13/h4-6,13H,3H2,1-2H3,(H,14,15)(H,16,17). The Balaban J connectivity index is 3.20. The molecule has 1 atom stereocenters. The van der Waals surface area contributed by atoms with E-state index >= 15 is 0 Å². The van der Waals surface area contributed by atoms with Crippen LogP contribution < -0.4 is 4.74 Å². The van der Waals surface area contributed by atoms with Crippen LogP contribution in [-0.2, 0) is 11.2 Å². The van der Waals surface area contributed by atoms with E-state index in [1.165, 1.54) is 26.2 Å². The first-order valence-corrected chi connectivity index (χ1v) is 5.22. The molecule has 0 aromatic heterocycles. The third-order valence-corrected chi connectivity index (χ3v) is 2.57. The SMILES string of the molecule is COc1cc(C(=O)O)cc(CC(C)C(=O)O)c1O. The van der Waals surface area contributed by atoms with E-state index < -0.39 is 17.9 Å². The summed E-state index contributed by atoms with van der Waals surface area (Å²) < 4.78 is 4.86. The number of hydrogen-bond acceptors (Lipinski definition) is 4. The summed E-state index contributed by atoms with van der Waals surface area (Å²) in [6.07, 6.45) is 0.0264. The van der Waals surface area contributed by atoms with Crippen LogP contribution in [0.4, 0.5) is 0 Å². The van der Waals surface area contributed by atoms with E-state index in [1.807, 2.05) is 0 Å². The fourth-order valence-electron chi connectivity index (χ4n) is 1.52. The number of aromatic carboxylic acids is 1. The first-order chi connectivity index (χ1) is 8.36. The van der Waals surface area contributed by atoms with Crippen molar-refractivity contribution in [2.75, 3.05) is 7.11 Å². The molecule has 0 spiro atoms. The van der Waals surface area contributed by atoms with Gasteiger partial charge in [-0.3, -0.25) is 4.79 Å². The fourth-order valence-corrected chi connectivity index (χ4v) is 1.52. The van der Waals surface area contributed by atoms with Gasteiger partial charge in [0, 0.05) is 0 Å². The van der Waals surface area contributed by atoms with E-state index in [9.17, 15) is 14.7 Å². The monoisotopic (exact) mass is 254 g/mol. The Kier molecular flexibility index (Phi) is 4.14. The van der Waals surface area contributed by atoms with Gasteiger partial charge in [0.1, 0.15) is 0 Å². The minimum Gasteiger partial charge on any atom is -0.504 e. The molecule has 0 heterocycles. The van der Waals surface area contributed by atoms with Gasteiger partial charge in [-0.25, -0.2) is 4.79 Å². The van der Waals surface area contributed by atoms with Crippen molar-refractivity contribution >= 4 is 11.9 Å². The molecule has 18 heavy (non-hydrogen) atoms. The summed E-state index contributed by atoms with van der Waals surface area (Å²) in [7, 11) is 1.30. The van der Waals surface area contributed by atoms with Crippen molar-refractivity contribution in [3.05, 3.63) is 23.3 Å². The highest BCUT2D eigenvalue weighted by molar-refractivity contribution is 5.89. The van der Waals surface area contributed by atoms with Crippen LogP contribution in [-0.4, -0.2) is 34.4 Å². The van der Waals surface area contributed by atoms with Crippen molar-refractivity contribution in [3.8, 4) is 11.5 Å². The van der Waals surface area contributed by atoms with E-state index in [4.69, 9.17) is 14.9 Å². The van der Waals surface area contributed by atoms with E-state index in [1.54, 1.807) is 0 Å². The summed E-state index contributed by atoms with van der Waals surface area (Å²) in [5, 5.41) is 27.5. The molecule has 1 rings (SSSR count). The zero-order valence-electron chi connectivity index (χ0n) is 10.0. The van der Waals surface area contributed by atoms with Gasteiger partial charge in [0.05, 0.1) is 18.6 Å². The smallest absolute Gasteiger partial charge is 0.335 e. The van der Waals surface area contributed by atoms with Gasteiger partial charge >= 0.3 is 11.9 Å². The Hall–Kier alpha value is -2.24. The second kappa shape index (κ2) is 5.39. The molecule has 0 bridgehead atoms. The number of aliphatic carboxylic acids is 1. The normalized spacial score (nSPS) is 11.9. The van der Waals surface area contributed by atoms with Gasteiger partial charge in [-0.2, -0.15) is 0 Å². The number of benzene rings is 1. The molecule has 3 N–H and O–H groups in total. The molecule has 0 aliphatic rings. The molecule has 0 saturated carbocycles. The van der Waals surface area contributed by atoms with Gasteiger partial charge in [-0.1, -0.05) is 6.92 Å². The molecule has 0 aliphatic carbocycles. The first kappa shape index (κ1) is 13.8. The van der Waals surface area contributed by atoms with Crippen LogP contribution in [0.25, 0.3) is 0 Å². The maximum absolute atomic E-state index is 10.9. The minimum absolute atomic E-state index is 0.0162. The van der Waals surface area contributed by atoms with Gasteiger partial charge in [0.15, 0.2) is 11.5 Å². The zero-order valence-corrected chi connectivity index (χ0v) is 10.0. The summed E-state index contributed by atoms with van der Waals surface area (Å²) in [5.74, 6) is -3.13. The lowest BCUT2D eigenvalue weighted by Crippen LogP contribution is -2.13. The molecule has 0 amide bonds. The van der Waals surface area contributed by atoms with Crippen LogP contribution in [0.2, 0.25) is 0 Å². The topological polar surface area (TPSA) is 104 Å². The number of aromatic hydroxyl groups is 1. The van der Waals surface area contributed by atoms with Crippen LogP contribution >= 0.6 is 0 Å². The molecule has 6 heteroatoms. The van der Waals surface area contributed by atoms with E-state index in [2.05, 4.69) is 0 Å². The summed E-state index contributed by atoms with van der Waals surface area (Å²) in [4.78, 5) is 21.7. The second-order valence-electron chi connectivity index (χ2n) is 3.93. The molecule has 1 aromatic rings. The summed E-state index contributed by atoms with van der Waals surface area (Å²) in [5.41, 5.74) is 0.180. The van der Waals surface area contributed by atoms with Crippen molar-refractivity contribution in [2.24, 2.45) is 5.92 Å². The van der Waals surface area contributed by atoms with E-state index in [-0.39, 0.29) is 29.0 Å². The van der Waals surface area contributed by atoms with Crippen LogP contribution in [0.5, 0.6) is 11.5 Å². The molecule has 6 nitrogen and oxygen atoms in total. The highest BCUT2D eigenvalue weighted by Crippen LogP contribution is 2.33. The summed E-state index contributed by atoms with van der Waals surface area (Å²) >= 11 is 0. The molecular formula is C12H14O6. The molecule has 0 radical (unpaired) electrons. The molecule has 1 aromatic carbocycles. The second-order valence-corrected chi connectivity index (χ2v) is 3.93. The Morgan fingerprint density at radius 1 is 1.33 bits per heavy atom. The van der Waals surface area contributed by atoms with Crippen LogP contribution in [0.1, 0.15) is 22.8 Å². The maximum atomic E-state index is 10.9. The average Bonchev–Trinajstić information content (AvgIpc) is 2.31. The first-order valence-electron chi connectivity index (χ1n) is 5.22. The quantitative estimate of drug-likeness (QED) is 0.733. The van der Waals surface area contributed by atoms with Gasteiger partial charge in [-0.05, 0) is 24.1 Å².